The number of aromatic amines is 1. The summed E-state index contributed by atoms with van der Waals surface area (Å²) < 4.78 is 0. The minimum Gasteiger partial charge on any atom is -0.354 e. The smallest absolute Gasteiger partial charge is 0.267 e. The normalized spacial score (nSPS) is 13.3. The molecule has 1 aliphatic rings. The first kappa shape index (κ1) is 17.4. The van der Waals surface area contributed by atoms with Gasteiger partial charge in [-0.15, -0.1) is 0 Å². The third kappa shape index (κ3) is 4.76. The summed E-state index contributed by atoms with van der Waals surface area (Å²) in [5.74, 6) is -0.0613. The molecular weight excluding hydrogens is 316 g/mol. The first-order chi connectivity index (χ1) is 12.2. The molecule has 3 rings (SSSR count). The summed E-state index contributed by atoms with van der Waals surface area (Å²) in [6.45, 7) is 2.06. The molecular formula is C19H24N4O2. The molecule has 132 valence electrons. The maximum absolute atomic E-state index is 12.1. The van der Waals surface area contributed by atoms with Gasteiger partial charge in [-0.2, -0.15) is 5.10 Å². The van der Waals surface area contributed by atoms with Gasteiger partial charge < -0.3 is 10.6 Å². The minimum atomic E-state index is -0.107. The lowest BCUT2D eigenvalue weighted by Crippen LogP contribution is -2.33. The van der Waals surface area contributed by atoms with Crippen LogP contribution in [0.3, 0.4) is 0 Å². The SMILES string of the molecule is O=C(Cc1n[nH]c(=O)c2c1CCCC2)NCCNCc1ccccc1. The van der Waals surface area contributed by atoms with Crippen molar-refractivity contribution in [3.05, 3.63) is 63.1 Å². The van der Waals surface area contributed by atoms with Crippen LogP contribution in [0.25, 0.3) is 0 Å². The van der Waals surface area contributed by atoms with Crippen molar-refractivity contribution < 1.29 is 4.79 Å². The van der Waals surface area contributed by atoms with E-state index in [0.717, 1.165) is 43.4 Å². The molecule has 0 atom stereocenters. The second-order valence-electron chi connectivity index (χ2n) is 6.35. The average molecular weight is 340 g/mol. The van der Waals surface area contributed by atoms with Crippen LogP contribution in [-0.2, 0) is 30.6 Å². The van der Waals surface area contributed by atoms with Crippen molar-refractivity contribution in [2.75, 3.05) is 13.1 Å². The van der Waals surface area contributed by atoms with Gasteiger partial charge in [0.05, 0.1) is 12.1 Å². The number of rotatable bonds is 7. The molecule has 0 unspecified atom stereocenters. The van der Waals surface area contributed by atoms with Crippen LogP contribution in [0.5, 0.6) is 0 Å². The summed E-state index contributed by atoms with van der Waals surface area (Å²) in [6, 6.07) is 10.1. The zero-order valence-electron chi connectivity index (χ0n) is 14.3. The van der Waals surface area contributed by atoms with Gasteiger partial charge in [-0.1, -0.05) is 30.3 Å². The highest BCUT2D eigenvalue weighted by molar-refractivity contribution is 5.78. The molecule has 0 saturated carbocycles. The van der Waals surface area contributed by atoms with Crippen LogP contribution in [0.1, 0.15) is 35.2 Å². The number of aromatic nitrogens is 2. The Balaban J connectivity index is 1.45. The van der Waals surface area contributed by atoms with E-state index >= 15 is 0 Å². The van der Waals surface area contributed by atoms with Crippen LogP contribution < -0.4 is 16.2 Å². The lowest BCUT2D eigenvalue weighted by atomic mass is 9.91. The van der Waals surface area contributed by atoms with E-state index in [2.05, 4.69) is 33.0 Å². The average Bonchev–Trinajstić information content (AvgIpc) is 2.65. The Bertz CT molecular complexity index is 771. The van der Waals surface area contributed by atoms with Crippen molar-refractivity contribution in [2.24, 2.45) is 0 Å². The maximum atomic E-state index is 12.1. The Morgan fingerprint density at radius 2 is 1.84 bits per heavy atom. The van der Waals surface area contributed by atoms with Crippen LogP contribution >= 0.6 is 0 Å². The molecule has 0 spiro atoms. The van der Waals surface area contributed by atoms with E-state index < -0.39 is 0 Å². The summed E-state index contributed by atoms with van der Waals surface area (Å²) in [5.41, 5.74) is 3.62. The largest absolute Gasteiger partial charge is 0.354 e. The second-order valence-corrected chi connectivity index (χ2v) is 6.35. The van der Waals surface area contributed by atoms with Gasteiger partial charge in [0.2, 0.25) is 5.91 Å². The highest BCUT2D eigenvalue weighted by Gasteiger charge is 2.19. The summed E-state index contributed by atoms with van der Waals surface area (Å²) in [5, 5.41) is 12.8. The van der Waals surface area contributed by atoms with Crippen molar-refractivity contribution in [1.29, 1.82) is 0 Å². The van der Waals surface area contributed by atoms with Gasteiger partial charge >= 0.3 is 0 Å². The van der Waals surface area contributed by atoms with Gasteiger partial charge in [-0.3, -0.25) is 9.59 Å². The summed E-state index contributed by atoms with van der Waals surface area (Å²) >= 11 is 0. The van der Waals surface area contributed by atoms with E-state index in [4.69, 9.17) is 0 Å². The van der Waals surface area contributed by atoms with Gasteiger partial charge in [-0.05, 0) is 36.8 Å². The number of nitrogens with one attached hydrogen (secondary N) is 3. The second kappa shape index (κ2) is 8.58. The van der Waals surface area contributed by atoms with E-state index in [9.17, 15) is 9.59 Å². The molecule has 0 saturated heterocycles. The molecule has 0 radical (unpaired) electrons. The number of amides is 1. The van der Waals surface area contributed by atoms with Crippen molar-refractivity contribution in [3.8, 4) is 0 Å². The van der Waals surface area contributed by atoms with Gasteiger partial charge in [-0.25, -0.2) is 5.10 Å². The molecule has 1 amide bonds. The van der Waals surface area contributed by atoms with Crippen LogP contribution in [0.15, 0.2) is 35.1 Å². The highest BCUT2D eigenvalue weighted by Crippen LogP contribution is 2.20. The number of nitrogens with zero attached hydrogens (tertiary/aromatic N) is 1. The molecule has 25 heavy (non-hydrogen) atoms. The third-order valence-electron chi connectivity index (χ3n) is 4.51. The standard InChI is InChI=1S/C19H24N4O2/c24-18(21-11-10-20-13-14-6-2-1-3-7-14)12-17-15-8-4-5-9-16(15)19(25)23-22-17/h1-3,6-7,20H,4-5,8-13H2,(H,21,24)(H,23,25). The number of carbonyl (C=O) groups excluding carboxylic acids is 1. The molecule has 0 bridgehead atoms. The molecule has 0 aliphatic heterocycles. The number of carbonyl (C=O) groups is 1. The highest BCUT2D eigenvalue weighted by atomic mass is 16.1. The molecule has 6 nitrogen and oxygen atoms in total. The minimum absolute atomic E-state index is 0.0613. The Kier molecular flexibility index (Phi) is 5.95. The predicted octanol–water partition coefficient (Wildman–Crippen LogP) is 1.10. The zero-order valence-corrected chi connectivity index (χ0v) is 14.3. The van der Waals surface area contributed by atoms with E-state index in [-0.39, 0.29) is 17.9 Å². The predicted molar refractivity (Wildman–Crippen MR) is 96.4 cm³/mol. The number of fused-ring (bicyclic) bond motifs is 1. The Hall–Kier alpha value is -2.47. The Morgan fingerprint density at radius 1 is 1.08 bits per heavy atom. The van der Waals surface area contributed by atoms with Crippen LogP contribution in [0.2, 0.25) is 0 Å². The fourth-order valence-electron chi connectivity index (χ4n) is 3.21. The summed E-state index contributed by atoms with van der Waals surface area (Å²) in [7, 11) is 0. The van der Waals surface area contributed by atoms with Gasteiger partial charge in [0.1, 0.15) is 0 Å². The van der Waals surface area contributed by atoms with Crippen LogP contribution in [-0.4, -0.2) is 29.2 Å². The van der Waals surface area contributed by atoms with E-state index in [1.165, 1.54) is 5.56 Å². The monoisotopic (exact) mass is 340 g/mol. The molecule has 2 aromatic rings. The lowest BCUT2D eigenvalue weighted by molar-refractivity contribution is -0.120. The number of hydrogen-bond acceptors (Lipinski definition) is 4. The first-order valence-corrected chi connectivity index (χ1v) is 8.84. The van der Waals surface area contributed by atoms with E-state index in [1.807, 2.05) is 18.2 Å². The number of hydrogen-bond donors (Lipinski definition) is 3. The fraction of sp³-hybridized carbons (Fsp3) is 0.421. The molecule has 6 heteroatoms. The van der Waals surface area contributed by atoms with Crippen molar-refractivity contribution in [3.63, 3.8) is 0 Å². The first-order valence-electron chi connectivity index (χ1n) is 8.84. The van der Waals surface area contributed by atoms with Gasteiger partial charge in [0.15, 0.2) is 0 Å². The quantitative estimate of drug-likeness (QED) is 0.659. The number of benzene rings is 1. The third-order valence-corrected chi connectivity index (χ3v) is 4.51. The molecule has 1 aromatic carbocycles. The van der Waals surface area contributed by atoms with Crippen LogP contribution in [0.4, 0.5) is 0 Å². The van der Waals surface area contributed by atoms with Gasteiger partial charge in [0, 0.05) is 25.2 Å². The fourth-order valence-corrected chi connectivity index (χ4v) is 3.21. The molecule has 3 N–H and O–H groups in total. The van der Waals surface area contributed by atoms with Crippen molar-refractivity contribution in [1.82, 2.24) is 20.8 Å². The Labute approximate surface area is 147 Å². The molecule has 1 aliphatic carbocycles. The maximum Gasteiger partial charge on any atom is 0.267 e. The van der Waals surface area contributed by atoms with Crippen molar-refractivity contribution in [2.45, 2.75) is 38.6 Å². The molecule has 1 heterocycles. The zero-order chi connectivity index (χ0) is 17.5. The summed E-state index contributed by atoms with van der Waals surface area (Å²) in [4.78, 5) is 24.0. The van der Waals surface area contributed by atoms with Crippen molar-refractivity contribution >= 4 is 5.91 Å². The Morgan fingerprint density at radius 3 is 2.64 bits per heavy atom. The molecule has 0 fully saturated rings. The topological polar surface area (TPSA) is 86.9 Å². The van der Waals surface area contributed by atoms with Gasteiger partial charge in [0.25, 0.3) is 5.56 Å². The van der Waals surface area contributed by atoms with E-state index in [1.54, 1.807) is 0 Å². The van der Waals surface area contributed by atoms with Crippen LogP contribution in [0, 0.1) is 0 Å². The van der Waals surface area contributed by atoms with E-state index in [0.29, 0.717) is 18.8 Å². The lowest BCUT2D eigenvalue weighted by Gasteiger charge is -2.17. The number of H-pyrrole nitrogens is 1. The summed E-state index contributed by atoms with van der Waals surface area (Å²) in [6.07, 6.45) is 3.92. The molecule has 1 aromatic heterocycles.